The third-order valence-corrected chi connectivity index (χ3v) is 3.54. The van der Waals surface area contributed by atoms with Gasteiger partial charge < -0.3 is 0 Å². The van der Waals surface area contributed by atoms with E-state index >= 15 is 0 Å². The molecule has 1 aliphatic carbocycles. The number of carbonyl (C=O) groups excluding carboxylic acids is 1. The minimum absolute atomic E-state index is 0.00559. The van der Waals surface area contributed by atoms with Gasteiger partial charge in [0.05, 0.1) is 6.21 Å². The molecule has 0 spiro atoms. The molecule has 0 unspecified atom stereocenters. The predicted molar refractivity (Wildman–Crippen MR) is 79.5 cm³/mol. The number of amides is 1. The van der Waals surface area contributed by atoms with Gasteiger partial charge >= 0.3 is 0 Å². The Labute approximate surface area is 118 Å². The first kappa shape index (κ1) is 12.6. The smallest absolute Gasteiger partial charge is 0.243 e. The van der Waals surface area contributed by atoms with Gasteiger partial charge in [0.1, 0.15) is 0 Å². The van der Waals surface area contributed by atoms with E-state index < -0.39 is 0 Å². The summed E-state index contributed by atoms with van der Waals surface area (Å²) in [7, 11) is 0. The summed E-state index contributed by atoms with van der Waals surface area (Å²) in [4.78, 5) is 12.0. The zero-order valence-electron chi connectivity index (χ0n) is 11.1. The van der Waals surface area contributed by atoms with E-state index in [9.17, 15) is 4.79 Å². The predicted octanol–water partition coefficient (Wildman–Crippen LogP) is 2.94. The summed E-state index contributed by atoms with van der Waals surface area (Å²) < 4.78 is 0. The summed E-state index contributed by atoms with van der Waals surface area (Å²) in [6.07, 6.45) is 2.58. The van der Waals surface area contributed by atoms with E-state index in [1.54, 1.807) is 6.21 Å². The average Bonchev–Trinajstić information content (AvgIpc) is 3.30. The molecule has 2 atom stereocenters. The quantitative estimate of drug-likeness (QED) is 0.669. The number of hydrazone groups is 1. The Morgan fingerprint density at radius 3 is 2.40 bits per heavy atom. The van der Waals surface area contributed by atoms with Crippen LogP contribution in [0.5, 0.6) is 0 Å². The minimum Gasteiger partial charge on any atom is -0.273 e. The van der Waals surface area contributed by atoms with Gasteiger partial charge in [-0.1, -0.05) is 60.7 Å². The first-order chi connectivity index (χ1) is 9.84. The Bertz CT molecular complexity index is 607. The number of nitrogens with zero attached hydrogens (tertiary/aromatic N) is 1. The maximum atomic E-state index is 12.0. The molecule has 1 amide bonds. The normalized spacial score (nSPS) is 20.8. The molecule has 3 heteroatoms. The number of hydrogen-bond donors (Lipinski definition) is 1. The van der Waals surface area contributed by atoms with E-state index in [0.717, 1.165) is 12.0 Å². The maximum absolute atomic E-state index is 12.0. The highest BCUT2D eigenvalue weighted by atomic mass is 16.2. The lowest BCUT2D eigenvalue weighted by atomic mass is 10.1. The van der Waals surface area contributed by atoms with Crippen LogP contribution in [0.15, 0.2) is 65.8 Å². The van der Waals surface area contributed by atoms with Crippen molar-refractivity contribution in [2.24, 2.45) is 11.0 Å². The lowest BCUT2D eigenvalue weighted by Crippen LogP contribution is -2.20. The lowest BCUT2D eigenvalue weighted by Gasteiger charge is -2.00. The Balaban J connectivity index is 1.53. The Hall–Kier alpha value is -2.42. The van der Waals surface area contributed by atoms with Crippen molar-refractivity contribution in [2.75, 3.05) is 0 Å². The van der Waals surface area contributed by atoms with Gasteiger partial charge in [-0.25, -0.2) is 5.43 Å². The summed E-state index contributed by atoms with van der Waals surface area (Å²) in [5.74, 6) is 0.416. The van der Waals surface area contributed by atoms with Crippen molar-refractivity contribution in [1.29, 1.82) is 0 Å². The number of carbonyl (C=O) groups is 1. The van der Waals surface area contributed by atoms with Crippen LogP contribution < -0.4 is 5.43 Å². The van der Waals surface area contributed by atoms with Crippen LogP contribution in [0, 0.1) is 5.92 Å². The maximum Gasteiger partial charge on any atom is 0.243 e. The number of rotatable bonds is 4. The van der Waals surface area contributed by atoms with Gasteiger partial charge in [0.2, 0.25) is 5.91 Å². The second-order valence-electron chi connectivity index (χ2n) is 5.00. The first-order valence-electron chi connectivity index (χ1n) is 6.77. The van der Waals surface area contributed by atoms with Gasteiger partial charge in [0.25, 0.3) is 0 Å². The van der Waals surface area contributed by atoms with Crippen molar-refractivity contribution < 1.29 is 4.79 Å². The van der Waals surface area contributed by atoms with Gasteiger partial charge in [-0.05, 0) is 23.5 Å². The third kappa shape index (κ3) is 2.94. The largest absolute Gasteiger partial charge is 0.273 e. The van der Waals surface area contributed by atoms with Crippen molar-refractivity contribution in [3.05, 3.63) is 71.8 Å². The molecular formula is C17H16N2O. The molecule has 0 saturated heterocycles. The molecule has 3 nitrogen and oxygen atoms in total. The van der Waals surface area contributed by atoms with Crippen molar-refractivity contribution in [1.82, 2.24) is 5.43 Å². The fourth-order valence-corrected chi connectivity index (χ4v) is 2.35. The van der Waals surface area contributed by atoms with Crippen molar-refractivity contribution >= 4 is 12.1 Å². The Morgan fingerprint density at radius 2 is 1.70 bits per heavy atom. The standard InChI is InChI=1S/C17H16N2O/c20-17(19-18-12-13-7-3-1-4-8-13)16-11-15(16)14-9-5-2-6-10-14/h1-10,12,15-16H,11H2,(H,19,20)/t15-,16-/m1/s1. The number of hydrogen-bond acceptors (Lipinski definition) is 2. The molecular weight excluding hydrogens is 248 g/mol. The van der Waals surface area contributed by atoms with Crippen LogP contribution >= 0.6 is 0 Å². The van der Waals surface area contributed by atoms with Gasteiger partial charge in [0.15, 0.2) is 0 Å². The highest BCUT2D eigenvalue weighted by Gasteiger charge is 2.43. The van der Waals surface area contributed by atoms with Crippen LogP contribution in [-0.4, -0.2) is 12.1 Å². The van der Waals surface area contributed by atoms with E-state index in [4.69, 9.17) is 0 Å². The fourth-order valence-electron chi connectivity index (χ4n) is 2.35. The molecule has 1 aliphatic rings. The number of benzene rings is 2. The molecule has 0 heterocycles. The van der Waals surface area contributed by atoms with Crippen LogP contribution in [0.1, 0.15) is 23.5 Å². The van der Waals surface area contributed by atoms with E-state index in [-0.39, 0.29) is 11.8 Å². The zero-order valence-corrected chi connectivity index (χ0v) is 11.1. The van der Waals surface area contributed by atoms with Gasteiger partial charge in [0, 0.05) is 5.92 Å². The van der Waals surface area contributed by atoms with E-state index in [1.807, 2.05) is 48.5 Å². The minimum atomic E-state index is 0.00559. The molecule has 1 saturated carbocycles. The van der Waals surface area contributed by atoms with Crippen LogP contribution in [0.3, 0.4) is 0 Å². The van der Waals surface area contributed by atoms with Crippen LogP contribution in [0.25, 0.3) is 0 Å². The molecule has 2 aromatic rings. The van der Waals surface area contributed by atoms with Gasteiger partial charge in [-0.15, -0.1) is 0 Å². The molecule has 0 aromatic heterocycles. The SMILES string of the molecule is O=C(NN=Cc1ccccc1)[C@@H]1C[C@@H]1c1ccccc1. The van der Waals surface area contributed by atoms with Crippen molar-refractivity contribution in [2.45, 2.75) is 12.3 Å². The number of nitrogens with one attached hydrogen (secondary N) is 1. The summed E-state index contributed by atoms with van der Waals surface area (Å²) in [5, 5.41) is 4.01. The van der Waals surface area contributed by atoms with E-state index in [0.29, 0.717) is 5.92 Å². The first-order valence-corrected chi connectivity index (χ1v) is 6.77. The van der Waals surface area contributed by atoms with E-state index in [1.165, 1.54) is 5.56 Å². The van der Waals surface area contributed by atoms with Gasteiger partial charge in [-0.3, -0.25) is 4.79 Å². The molecule has 0 aliphatic heterocycles. The molecule has 100 valence electrons. The monoisotopic (exact) mass is 264 g/mol. The molecule has 0 bridgehead atoms. The second kappa shape index (κ2) is 5.70. The van der Waals surface area contributed by atoms with Crippen molar-refractivity contribution in [3.63, 3.8) is 0 Å². The molecule has 20 heavy (non-hydrogen) atoms. The lowest BCUT2D eigenvalue weighted by molar-refractivity contribution is -0.122. The molecule has 1 fully saturated rings. The third-order valence-electron chi connectivity index (χ3n) is 3.54. The fraction of sp³-hybridized carbons (Fsp3) is 0.176. The van der Waals surface area contributed by atoms with Crippen LogP contribution in [0.2, 0.25) is 0 Å². The highest BCUT2D eigenvalue weighted by molar-refractivity contribution is 5.85. The summed E-state index contributed by atoms with van der Waals surface area (Å²) in [5.41, 5.74) is 4.83. The summed E-state index contributed by atoms with van der Waals surface area (Å²) in [6.45, 7) is 0. The zero-order chi connectivity index (χ0) is 13.8. The second-order valence-corrected chi connectivity index (χ2v) is 5.00. The topological polar surface area (TPSA) is 41.5 Å². The van der Waals surface area contributed by atoms with Crippen molar-refractivity contribution in [3.8, 4) is 0 Å². The molecule has 0 radical (unpaired) electrons. The highest BCUT2D eigenvalue weighted by Crippen LogP contribution is 2.47. The van der Waals surface area contributed by atoms with Gasteiger partial charge in [-0.2, -0.15) is 5.10 Å². The summed E-state index contributed by atoms with van der Waals surface area (Å²) >= 11 is 0. The molecule has 1 N–H and O–H groups in total. The average molecular weight is 264 g/mol. The molecule has 2 aromatic carbocycles. The van der Waals surface area contributed by atoms with Crippen LogP contribution in [0.4, 0.5) is 0 Å². The van der Waals surface area contributed by atoms with Crippen LogP contribution in [-0.2, 0) is 4.79 Å². The Kier molecular flexibility index (Phi) is 3.59. The van der Waals surface area contributed by atoms with E-state index in [2.05, 4.69) is 22.7 Å². The Morgan fingerprint density at radius 1 is 1.05 bits per heavy atom. The summed E-state index contributed by atoms with van der Waals surface area (Å²) in [6, 6.07) is 19.9. The molecule has 3 rings (SSSR count).